The second kappa shape index (κ2) is 7.50. The van der Waals surface area contributed by atoms with Crippen LogP contribution in [0.15, 0.2) is 24.3 Å². The first-order valence-electron chi connectivity index (χ1n) is 6.39. The molecule has 0 amide bonds. The molecule has 0 aliphatic heterocycles. The summed E-state index contributed by atoms with van der Waals surface area (Å²) in [6.45, 7) is 3.09. The summed E-state index contributed by atoms with van der Waals surface area (Å²) in [5.74, 6) is 0. The van der Waals surface area contributed by atoms with Gasteiger partial charge in [-0.05, 0) is 31.0 Å². The zero-order chi connectivity index (χ0) is 14.3. The van der Waals surface area contributed by atoms with Crippen LogP contribution in [0.25, 0.3) is 0 Å². The summed E-state index contributed by atoms with van der Waals surface area (Å²) in [6, 6.07) is 5.38. The minimum Gasteiger partial charge on any atom is -0.385 e. The molecule has 0 heterocycles. The van der Waals surface area contributed by atoms with E-state index < -0.39 is 11.7 Å². The molecular weight excluding hydrogens is 255 g/mol. The second-order valence-electron chi connectivity index (χ2n) is 4.37. The Kier molecular flexibility index (Phi) is 6.31. The van der Waals surface area contributed by atoms with Crippen LogP contribution in [0.5, 0.6) is 0 Å². The summed E-state index contributed by atoms with van der Waals surface area (Å²) < 4.78 is 44.0. The fourth-order valence-electron chi connectivity index (χ4n) is 1.98. The maximum atomic E-state index is 13.0. The van der Waals surface area contributed by atoms with Gasteiger partial charge >= 0.3 is 6.18 Å². The van der Waals surface area contributed by atoms with Crippen LogP contribution in [0, 0.1) is 0 Å². The lowest BCUT2D eigenvalue weighted by atomic mass is 9.97. The van der Waals surface area contributed by atoms with Crippen molar-refractivity contribution in [1.82, 2.24) is 5.32 Å². The molecule has 0 spiro atoms. The number of hydrogen-bond donors (Lipinski definition) is 1. The lowest BCUT2D eigenvalue weighted by Crippen LogP contribution is -2.26. The fraction of sp³-hybridized carbons (Fsp3) is 0.571. The summed E-state index contributed by atoms with van der Waals surface area (Å²) in [5, 5.41) is 3.15. The van der Waals surface area contributed by atoms with E-state index in [0.29, 0.717) is 25.1 Å². The number of methoxy groups -OCH3 is 1. The molecule has 0 aromatic heterocycles. The van der Waals surface area contributed by atoms with Gasteiger partial charge in [0.1, 0.15) is 0 Å². The van der Waals surface area contributed by atoms with E-state index in [9.17, 15) is 13.2 Å². The quantitative estimate of drug-likeness (QED) is 0.817. The molecule has 0 saturated carbocycles. The van der Waals surface area contributed by atoms with E-state index >= 15 is 0 Å². The molecule has 0 aliphatic rings. The second-order valence-corrected chi connectivity index (χ2v) is 4.37. The van der Waals surface area contributed by atoms with Crippen molar-refractivity contribution >= 4 is 0 Å². The van der Waals surface area contributed by atoms with Gasteiger partial charge in [0.05, 0.1) is 5.56 Å². The van der Waals surface area contributed by atoms with Crippen molar-refractivity contribution in [2.75, 3.05) is 20.3 Å². The molecule has 0 radical (unpaired) electrons. The van der Waals surface area contributed by atoms with Crippen molar-refractivity contribution in [2.24, 2.45) is 0 Å². The van der Waals surface area contributed by atoms with E-state index in [-0.39, 0.29) is 6.04 Å². The Hall–Kier alpha value is -1.07. The van der Waals surface area contributed by atoms with E-state index in [1.807, 2.05) is 6.92 Å². The van der Waals surface area contributed by atoms with Gasteiger partial charge in [0.15, 0.2) is 0 Å². The summed E-state index contributed by atoms with van der Waals surface area (Å²) in [7, 11) is 1.55. The highest BCUT2D eigenvalue weighted by Gasteiger charge is 2.34. The van der Waals surface area contributed by atoms with Crippen LogP contribution in [-0.4, -0.2) is 20.3 Å². The number of alkyl halides is 3. The minimum atomic E-state index is -4.32. The van der Waals surface area contributed by atoms with Gasteiger partial charge in [-0.25, -0.2) is 0 Å². The molecule has 2 nitrogen and oxygen atoms in total. The standard InChI is InChI=1S/C14H20F3NO/c1-3-9-18-13(8-10-19-2)11-6-4-5-7-12(11)14(15,16)17/h4-7,13,18H,3,8-10H2,1-2H3. The Morgan fingerprint density at radius 1 is 1.26 bits per heavy atom. The Balaban J connectivity index is 3.00. The van der Waals surface area contributed by atoms with E-state index in [0.717, 1.165) is 12.5 Å². The van der Waals surface area contributed by atoms with Crippen LogP contribution >= 0.6 is 0 Å². The largest absolute Gasteiger partial charge is 0.416 e. The molecule has 5 heteroatoms. The SMILES string of the molecule is CCCNC(CCOC)c1ccccc1C(F)(F)F. The Morgan fingerprint density at radius 2 is 1.95 bits per heavy atom. The van der Waals surface area contributed by atoms with Crippen molar-refractivity contribution in [2.45, 2.75) is 32.0 Å². The maximum Gasteiger partial charge on any atom is 0.416 e. The van der Waals surface area contributed by atoms with E-state index in [1.54, 1.807) is 13.2 Å². The highest BCUT2D eigenvalue weighted by molar-refractivity contribution is 5.32. The van der Waals surface area contributed by atoms with Crippen LogP contribution in [0.3, 0.4) is 0 Å². The van der Waals surface area contributed by atoms with Crippen molar-refractivity contribution in [1.29, 1.82) is 0 Å². The molecule has 0 bridgehead atoms. The third-order valence-corrected chi connectivity index (χ3v) is 2.89. The zero-order valence-electron chi connectivity index (χ0n) is 11.3. The van der Waals surface area contributed by atoms with E-state index in [4.69, 9.17) is 4.74 Å². The van der Waals surface area contributed by atoms with Crippen molar-refractivity contribution in [3.8, 4) is 0 Å². The third kappa shape index (κ3) is 4.84. The molecule has 108 valence electrons. The molecule has 1 aromatic rings. The Bertz CT molecular complexity index is 371. The molecule has 0 fully saturated rings. The highest BCUT2D eigenvalue weighted by Crippen LogP contribution is 2.35. The van der Waals surface area contributed by atoms with Gasteiger partial charge in [-0.15, -0.1) is 0 Å². The normalized spacial score (nSPS) is 13.5. The number of halogens is 3. The van der Waals surface area contributed by atoms with Crippen molar-refractivity contribution in [3.63, 3.8) is 0 Å². The first-order chi connectivity index (χ1) is 9.00. The van der Waals surface area contributed by atoms with E-state index in [1.165, 1.54) is 12.1 Å². The summed E-state index contributed by atoms with van der Waals surface area (Å²) in [5.41, 5.74) is -0.278. The zero-order valence-corrected chi connectivity index (χ0v) is 11.3. The molecule has 19 heavy (non-hydrogen) atoms. The lowest BCUT2D eigenvalue weighted by Gasteiger charge is -2.22. The lowest BCUT2D eigenvalue weighted by molar-refractivity contribution is -0.138. The number of nitrogens with one attached hydrogen (secondary N) is 1. The van der Waals surface area contributed by atoms with Crippen LogP contribution < -0.4 is 5.32 Å². The fourth-order valence-corrected chi connectivity index (χ4v) is 1.98. The van der Waals surface area contributed by atoms with Gasteiger partial charge in [-0.1, -0.05) is 25.1 Å². The monoisotopic (exact) mass is 275 g/mol. The average molecular weight is 275 g/mol. The summed E-state index contributed by atoms with van der Waals surface area (Å²) in [6.07, 6.45) is -2.93. The van der Waals surface area contributed by atoms with E-state index in [2.05, 4.69) is 5.32 Å². The number of benzene rings is 1. The average Bonchev–Trinajstić information content (AvgIpc) is 2.38. The van der Waals surface area contributed by atoms with Crippen LogP contribution in [-0.2, 0) is 10.9 Å². The summed E-state index contributed by atoms with van der Waals surface area (Å²) >= 11 is 0. The van der Waals surface area contributed by atoms with Gasteiger partial charge in [0, 0.05) is 19.8 Å². The van der Waals surface area contributed by atoms with Gasteiger partial charge in [0.25, 0.3) is 0 Å². The first-order valence-corrected chi connectivity index (χ1v) is 6.39. The number of hydrogen-bond acceptors (Lipinski definition) is 2. The van der Waals surface area contributed by atoms with Gasteiger partial charge in [0.2, 0.25) is 0 Å². The molecule has 0 aliphatic carbocycles. The Labute approximate surface area is 112 Å². The number of rotatable bonds is 7. The number of ether oxygens (including phenoxy) is 1. The molecule has 1 rings (SSSR count). The van der Waals surface area contributed by atoms with Crippen LogP contribution in [0.1, 0.15) is 36.9 Å². The van der Waals surface area contributed by atoms with Crippen molar-refractivity contribution in [3.05, 3.63) is 35.4 Å². The molecule has 0 saturated heterocycles. The molecule has 1 N–H and O–H groups in total. The van der Waals surface area contributed by atoms with Crippen molar-refractivity contribution < 1.29 is 17.9 Å². The van der Waals surface area contributed by atoms with Gasteiger partial charge in [-0.3, -0.25) is 0 Å². The Morgan fingerprint density at radius 3 is 2.53 bits per heavy atom. The molecule has 1 unspecified atom stereocenters. The van der Waals surface area contributed by atoms with Gasteiger partial charge < -0.3 is 10.1 Å². The smallest absolute Gasteiger partial charge is 0.385 e. The molecule has 1 atom stereocenters. The topological polar surface area (TPSA) is 21.3 Å². The van der Waals surface area contributed by atoms with Gasteiger partial charge in [-0.2, -0.15) is 13.2 Å². The predicted molar refractivity (Wildman–Crippen MR) is 69.0 cm³/mol. The molecule has 1 aromatic carbocycles. The van der Waals surface area contributed by atoms with Crippen LogP contribution in [0.2, 0.25) is 0 Å². The highest BCUT2D eigenvalue weighted by atomic mass is 19.4. The minimum absolute atomic E-state index is 0.292. The van der Waals surface area contributed by atoms with Crippen LogP contribution in [0.4, 0.5) is 13.2 Å². The molecular formula is C14H20F3NO. The first kappa shape index (κ1) is 16.0. The maximum absolute atomic E-state index is 13.0. The third-order valence-electron chi connectivity index (χ3n) is 2.89. The predicted octanol–water partition coefficient (Wildman–Crippen LogP) is 3.78. The summed E-state index contributed by atoms with van der Waals surface area (Å²) in [4.78, 5) is 0.